The SMILES string of the molecule is COc1cc(OC)cc([C@@H](C(=O)NC(C)(C)C)N(C(=O)Cn2nnc3ccccc32)c2cccc(OC)c2)c1. The van der Waals surface area contributed by atoms with Gasteiger partial charge in [0.2, 0.25) is 11.8 Å². The number of benzene rings is 3. The second-order valence-corrected chi connectivity index (χ2v) is 9.99. The zero-order valence-electron chi connectivity index (χ0n) is 23.0. The average Bonchev–Trinajstić information content (AvgIpc) is 3.32. The van der Waals surface area contributed by atoms with Crippen LogP contribution in [0, 0.1) is 0 Å². The molecule has 0 saturated carbocycles. The van der Waals surface area contributed by atoms with Gasteiger partial charge in [-0.15, -0.1) is 5.10 Å². The van der Waals surface area contributed by atoms with E-state index in [-0.39, 0.29) is 18.4 Å². The van der Waals surface area contributed by atoms with Crippen molar-refractivity contribution in [1.82, 2.24) is 20.3 Å². The Bertz CT molecular complexity index is 1450. The second-order valence-electron chi connectivity index (χ2n) is 9.99. The molecule has 1 heterocycles. The first-order chi connectivity index (χ1) is 18.6. The van der Waals surface area contributed by atoms with E-state index < -0.39 is 11.6 Å². The number of nitrogens with zero attached hydrogens (tertiary/aromatic N) is 4. The van der Waals surface area contributed by atoms with Gasteiger partial charge in [-0.2, -0.15) is 0 Å². The molecule has 2 amide bonds. The topological polar surface area (TPSA) is 108 Å². The van der Waals surface area contributed by atoms with E-state index in [1.165, 1.54) is 23.8 Å². The van der Waals surface area contributed by atoms with E-state index in [9.17, 15) is 9.59 Å². The van der Waals surface area contributed by atoms with Gasteiger partial charge in [-0.05, 0) is 62.7 Å². The number of hydrogen-bond donors (Lipinski definition) is 1. The number of ether oxygens (including phenoxy) is 3. The molecule has 0 radical (unpaired) electrons. The minimum absolute atomic E-state index is 0.155. The maximum atomic E-state index is 14.2. The highest BCUT2D eigenvalue weighted by molar-refractivity contribution is 6.02. The van der Waals surface area contributed by atoms with Gasteiger partial charge in [0.1, 0.15) is 35.4 Å². The highest BCUT2D eigenvalue weighted by atomic mass is 16.5. The molecule has 0 unspecified atom stereocenters. The first-order valence-corrected chi connectivity index (χ1v) is 12.4. The first-order valence-electron chi connectivity index (χ1n) is 12.4. The Morgan fingerprint density at radius 3 is 2.21 bits per heavy atom. The number of rotatable bonds is 9. The van der Waals surface area contributed by atoms with Crippen LogP contribution in [-0.4, -0.2) is 53.7 Å². The Morgan fingerprint density at radius 2 is 1.56 bits per heavy atom. The molecular weight excluding hydrogens is 498 g/mol. The van der Waals surface area contributed by atoms with Crippen LogP contribution >= 0.6 is 0 Å². The van der Waals surface area contributed by atoms with Crippen molar-refractivity contribution in [1.29, 1.82) is 0 Å². The van der Waals surface area contributed by atoms with Gasteiger partial charge < -0.3 is 19.5 Å². The molecule has 10 heteroatoms. The van der Waals surface area contributed by atoms with Crippen LogP contribution in [0.5, 0.6) is 17.2 Å². The fourth-order valence-corrected chi connectivity index (χ4v) is 4.28. The van der Waals surface area contributed by atoms with Crippen LogP contribution < -0.4 is 24.4 Å². The minimum Gasteiger partial charge on any atom is -0.497 e. The Labute approximate surface area is 227 Å². The van der Waals surface area contributed by atoms with E-state index in [0.717, 1.165) is 0 Å². The third kappa shape index (κ3) is 6.28. The van der Waals surface area contributed by atoms with E-state index in [4.69, 9.17) is 14.2 Å². The summed E-state index contributed by atoms with van der Waals surface area (Å²) in [7, 11) is 4.61. The van der Waals surface area contributed by atoms with Crippen molar-refractivity contribution in [3.8, 4) is 17.2 Å². The molecule has 4 rings (SSSR count). The summed E-state index contributed by atoms with van der Waals surface area (Å²) in [5.41, 5.74) is 1.78. The summed E-state index contributed by atoms with van der Waals surface area (Å²) >= 11 is 0. The van der Waals surface area contributed by atoms with Crippen LogP contribution in [0.3, 0.4) is 0 Å². The number of nitrogens with one attached hydrogen (secondary N) is 1. The number of anilines is 1. The molecule has 4 aromatic rings. The molecule has 1 N–H and O–H groups in total. The van der Waals surface area contributed by atoms with Crippen molar-refractivity contribution in [3.63, 3.8) is 0 Å². The number of hydrogen-bond acceptors (Lipinski definition) is 7. The molecule has 0 bridgehead atoms. The van der Waals surface area contributed by atoms with Crippen molar-refractivity contribution in [2.24, 2.45) is 0 Å². The Kier molecular flexibility index (Phi) is 8.04. The van der Waals surface area contributed by atoms with E-state index in [1.54, 1.807) is 49.6 Å². The van der Waals surface area contributed by atoms with Gasteiger partial charge in [0.05, 0.1) is 26.8 Å². The molecule has 0 spiro atoms. The van der Waals surface area contributed by atoms with Crippen molar-refractivity contribution >= 4 is 28.5 Å². The lowest BCUT2D eigenvalue weighted by Gasteiger charge is -2.34. The van der Waals surface area contributed by atoms with E-state index in [1.807, 2.05) is 45.0 Å². The van der Waals surface area contributed by atoms with Gasteiger partial charge in [0.25, 0.3) is 0 Å². The summed E-state index contributed by atoms with van der Waals surface area (Å²) in [6.07, 6.45) is 0. The van der Waals surface area contributed by atoms with Crippen LogP contribution in [-0.2, 0) is 16.1 Å². The van der Waals surface area contributed by atoms with Gasteiger partial charge in [-0.3, -0.25) is 14.5 Å². The molecule has 39 heavy (non-hydrogen) atoms. The first kappa shape index (κ1) is 27.4. The fourth-order valence-electron chi connectivity index (χ4n) is 4.28. The number of aromatic nitrogens is 3. The fraction of sp³-hybridized carbons (Fsp3) is 0.310. The minimum atomic E-state index is -1.08. The van der Waals surface area contributed by atoms with Crippen LogP contribution in [0.25, 0.3) is 11.0 Å². The van der Waals surface area contributed by atoms with Crippen LogP contribution in [0.2, 0.25) is 0 Å². The monoisotopic (exact) mass is 531 g/mol. The van der Waals surface area contributed by atoms with E-state index in [0.29, 0.717) is 39.5 Å². The molecule has 0 aliphatic carbocycles. The quantitative estimate of drug-likeness (QED) is 0.346. The maximum Gasteiger partial charge on any atom is 0.249 e. The summed E-state index contributed by atoms with van der Waals surface area (Å²) in [5.74, 6) is 0.748. The average molecular weight is 532 g/mol. The number of methoxy groups -OCH3 is 3. The van der Waals surface area contributed by atoms with Crippen molar-refractivity contribution in [2.45, 2.75) is 38.9 Å². The molecule has 10 nitrogen and oxygen atoms in total. The van der Waals surface area contributed by atoms with Crippen molar-refractivity contribution in [3.05, 3.63) is 72.3 Å². The standard InChI is InChI=1S/C29H33N5O5/c1-29(2,3)30-28(36)27(19-14-22(38-5)17-23(15-19)39-6)34(20-10-9-11-21(16-20)37-4)26(35)18-33-25-13-8-7-12-24(25)31-32-33/h7-17,27H,18H2,1-6H3,(H,30,36)/t27-/m0/s1. The molecule has 0 fully saturated rings. The van der Waals surface area contributed by atoms with Crippen LogP contribution in [0.1, 0.15) is 32.4 Å². The molecule has 204 valence electrons. The Balaban J connectivity index is 1.89. The van der Waals surface area contributed by atoms with Gasteiger partial charge in [-0.25, -0.2) is 4.68 Å². The zero-order valence-corrected chi connectivity index (χ0v) is 23.0. The Morgan fingerprint density at radius 1 is 0.897 bits per heavy atom. The molecule has 1 aromatic heterocycles. The Hall–Kier alpha value is -4.60. The molecule has 0 aliphatic rings. The smallest absolute Gasteiger partial charge is 0.249 e. The number of para-hydroxylation sites is 1. The molecule has 3 aromatic carbocycles. The largest absolute Gasteiger partial charge is 0.497 e. The summed E-state index contributed by atoms with van der Waals surface area (Å²) < 4.78 is 17.9. The highest BCUT2D eigenvalue weighted by Crippen LogP contribution is 2.35. The third-order valence-electron chi connectivity index (χ3n) is 6.00. The molecular formula is C29H33N5O5. The lowest BCUT2D eigenvalue weighted by atomic mass is 10.00. The summed E-state index contributed by atoms with van der Waals surface area (Å²) in [6, 6.07) is 18.5. The lowest BCUT2D eigenvalue weighted by molar-refractivity contribution is -0.128. The third-order valence-corrected chi connectivity index (χ3v) is 6.00. The highest BCUT2D eigenvalue weighted by Gasteiger charge is 2.35. The van der Waals surface area contributed by atoms with E-state index in [2.05, 4.69) is 15.6 Å². The molecule has 0 aliphatic heterocycles. The predicted octanol–water partition coefficient (Wildman–Crippen LogP) is 4.15. The van der Waals surface area contributed by atoms with Crippen molar-refractivity contribution in [2.75, 3.05) is 26.2 Å². The zero-order chi connectivity index (χ0) is 28.2. The molecule has 1 atom stereocenters. The normalized spacial score (nSPS) is 12.1. The summed E-state index contributed by atoms with van der Waals surface area (Å²) in [5, 5.41) is 11.4. The van der Waals surface area contributed by atoms with Crippen LogP contribution in [0.15, 0.2) is 66.7 Å². The van der Waals surface area contributed by atoms with Crippen molar-refractivity contribution < 1.29 is 23.8 Å². The van der Waals surface area contributed by atoms with Gasteiger partial charge in [0, 0.05) is 23.4 Å². The van der Waals surface area contributed by atoms with Gasteiger partial charge >= 0.3 is 0 Å². The summed E-state index contributed by atoms with van der Waals surface area (Å²) in [6.45, 7) is 5.49. The number of fused-ring (bicyclic) bond motifs is 1. The second kappa shape index (κ2) is 11.4. The van der Waals surface area contributed by atoms with Crippen LogP contribution in [0.4, 0.5) is 5.69 Å². The number of amides is 2. The molecule has 0 saturated heterocycles. The predicted molar refractivity (Wildman–Crippen MR) is 148 cm³/mol. The van der Waals surface area contributed by atoms with Gasteiger partial charge in [0.15, 0.2) is 0 Å². The summed E-state index contributed by atoms with van der Waals surface area (Å²) in [4.78, 5) is 29.6. The van der Waals surface area contributed by atoms with E-state index >= 15 is 0 Å². The number of carbonyl (C=O) groups excluding carboxylic acids is 2. The lowest BCUT2D eigenvalue weighted by Crippen LogP contribution is -2.50. The van der Waals surface area contributed by atoms with Gasteiger partial charge in [-0.1, -0.05) is 23.4 Å². The maximum absolute atomic E-state index is 14.2. The number of carbonyl (C=O) groups is 2.